The lowest BCUT2D eigenvalue weighted by Crippen LogP contribution is -2.53. The molecule has 0 saturated heterocycles. The number of nitrogens with zero attached hydrogens (tertiary/aromatic N) is 2. The van der Waals surface area contributed by atoms with Crippen molar-refractivity contribution in [2.45, 2.75) is 57.7 Å². The lowest BCUT2D eigenvalue weighted by atomic mass is 10.1. The Morgan fingerprint density at radius 2 is 1.81 bits per heavy atom. The molecule has 0 spiro atoms. The molecule has 1 unspecified atom stereocenters. The van der Waals surface area contributed by atoms with E-state index < -0.39 is 28.5 Å². The Hall–Kier alpha value is -2.78. The van der Waals surface area contributed by atoms with Crippen molar-refractivity contribution in [1.82, 2.24) is 10.2 Å². The molecule has 1 aliphatic carbocycles. The number of methoxy groups -OCH3 is 1. The van der Waals surface area contributed by atoms with Gasteiger partial charge in [-0.05, 0) is 55.2 Å². The first-order chi connectivity index (χ1) is 17.1. The molecule has 1 aliphatic rings. The van der Waals surface area contributed by atoms with E-state index >= 15 is 0 Å². The van der Waals surface area contributed by atoms with Crippen LogP contribution in [0, 0.1) is 0 Å². The van der Waals surface area contributed by atoms with E-state index in [9.17, 15) is 18.0 Å². The number of anilines is 1. The fourth-order valence-electron chi connectivity index (χ4n) is 4.46. The summed E-state index contributed by atoms with van der Waals surface area (Å²) in [6.07, 6.45) is 5.41. The fourth-order valence-corrected chi connectivity index (χ4v) is 5.49. The number of hydrogen-bond acceptors (Lipinski definition) is 5. The van der Waals surface area contributed by atoms with Crippen LogP contribution < -0.4 is 14.4 Å². The van der Waals surface area contributed by atoms with Gasteiger partial charge in [0.2, 0.25) is 21.8 Å². The van der Waals surface area contributed by atoms with Gasteiger partial charge in [-0.25, -0.2) is 8.42 Å². The molecule has 36 heavy (non-hydrogen) atoms. The van der Waals surface area contributed by atoms with Gasteiger partial charge in [-0.3, -0.25) is 13.9 Å². The van der Waals surface area contributed by atoms with Crippen molar-refractivity contribution >= 4 is 39.1 Å². The number of sulfonamides is 1. The molecule has 2 aromatic rings. The maximum Gasteiger partial charge on any atom is 0.244 e. The maximum absolute atomic E-state index is 13.7. The zero-order valence-corrected chi connectivity index (χ0v) is 22.5. The van der Waals surface area contributed by atoms with Gasteiger partial charge in [-0.15, -0.1) is 0 Å². The monoisotopic (exact) mass is 535 g/mol. The zero-order chi connectivity index (χ0) is 26.3. The third-order valence-electron chi connectivity index (χ3n) is 6.37. The predicted molar refractivity (Wildman–Crippen MR) is 142 cm³/mol. The third kappa shape index (κ3) is 7.36. The van der Waals surface area contributed by atoms with Crippen molar-refractivity contribution < 1.29 is 22.7 Å². The van der Waals surface area contributed by atoms with E-state index in [4.69, 9.17) is 16.3 Å². The van der Waals surface area contributed by atoms with E-state index in [-0.39, 0.29) is 24.2 Å². The first kappa shape index (κ1) is 27.8. The average molecular weight is 536 g/mol. The molecule has 10 heteroatoms. The molecule has 196 valence electrons. The number of halogens is 1. The van der Waals surface area contributed by atoms with Crippen molar-refractivity contribution in [2.24, 2.45) is 0 Å². The molecule has 0 heterocycles. The second-order valence-electron chi connectivity index (χ2n) is 9.03. The van der Waals surface area contributed by atoms with Crippen molar-refractivity contribution in [3.8, 4) is 5.75 Å². The van der Waals surface area contributed by atoms with Crippen LogP contribution in [0.15, 0.2) is 48.5 Å². The maximum atomic E-state index is 13.7. The normalized spacial score (nSPS) is 14.8. The standard InChI is InChI=1S/C26H34ClN3O5S/c1-4-24(26(32)28-21-9-5-6-10-21)29(17-19-12-14-23(35-2)15-13-19)25(31)18-30(36(3,33)34)22-11-7-8-20(27)16-22/h7-8,11-16,21,24H,4-6,9-10,17-18H2,1-3H3,(H,28,32). The average Bonchev–Trinajstić information content (AvgIpc) is 3.35. The molecule has 3 rings (SSSR count). The van der Waals surface area contributed by atoms with Crippen LogP contribution in [0.2, 0.25) is 5.02 Å². The van der Waals surface area contributed by atoms with Gasteiger partial charge in [-0.2, -0.15) is 0 Å². The summed E-state index contributed by atoms with van der Waals surface area (Å²) in [5.74, 6) is -0.0311. The number of rotatable bonds is 11. The van der Waals surface area contributed by atoms with Crippen LogP contribution >= 0.6 is 11.6 Å². The summed E-state index contributed by atoms with van der Waals surface area (Å²) in [7, 11) is -2.24. The molecule has 0 radical (unpaired) electrons. The lowest BCUT2D eigenvalue weighted by Gasteiger charge is -2.33. The summed E-state index contributed by atoms with van der Waals surface area (Å²) in [4.78, 5) is 28.5. The first-order valence-corrected chi connectivity index (χ1v) is 14.3. The summed E-state index contributed by atoms with van der Waals surface area (Å²) >= 11 is 6.09. The molecule has 8 nitrogen and oxygen atoms in total. The Labute approximate surface area is 218 Å². The predicted octanol–water partition coefficient (Wildman–Crippen LogP) is 3.98. The largest absolute Gasteiger partial charge is 0.497 e. The number of ether oxygens (including phenoxy) is 1. The number of benzene rings is 2. The van der Waals surface area contributed by atoms with E-state index in [0.717, 1.165) is 41.8 Å². The molecule has 1 fully saturated rings. The van der Waals surface area contributed by atoms with Gasteiger partial charge in [0, 0.05) is 17.6 Å². The van der Waals surface area contributed by atoms with Gasteiger partial charge in [-0.1, -0.05) is 49.6 Å². The van der Waals surface area contributed by atoms with Gasteiger partial charge < -0.3 is 15.0 Å². The minimum absolute atomic E-state index is 0.100. The quantitative estimate of drug-likeness (QED) is 0.469. The van der Waals surface area contributed by atoms with Crippen LogP contribution in [0.5, 0.6) is 5.75 Å². The minimum atomic E-state index is -3.81. The van der Waals surface area contributed by atoms with E-state index in [0.29, 0.717) is 17.2 Å². The molecule has 0 aromatic heterocycles. The van der Waals surface area contributed by atoms with Crippen molar-refractivity contribution in [2.75, 3.05) is 24.2 Å². The molecular formula is C26H34ClN3O5S. The molecule has 0 bridgehead atoms. The van der Waals surface area contributed by atoms with Crippen LogP contribution in [-0.4, -0.2) is 57.1 Å². The van der Waals surface area contributed by atoms with Crippen LogP contribution in [0.4, 0.5) is 5.69 Å². The lowest BCUT2D eigenvalue weighted by molar-refractivity contribution is -0.140. The van der Waals surface area contributed by atoms with Crippen molar-refractivity contribution in [3.05, 3.63) is 59.1 Å². The highest BCUT2D eigenvalue weighted by Crippen LogP contribution is 2.24. The van der Waals surface area contributed by atoms with Crippen LogP contribution in [-0.2, 0) is 26.2 Å². The number of carbonyl (C=O) groups excluding carboxylic acids is 2. The Bertz CT molecular complexity index is 1150. The van der Waals surface area contributed by atoms with Crippen LogP contribution in [0.1, 0.15) is 44.6 Å². The van der Waals surface area contributed by atoms with Gasteiger partial charge >= 0.3 is 0 Å². The van der Waals surface area contributed by atoms with Crippen molar-refractivity contribution in [3.63, 3.8) is 0 Å². The number of amides is 2. The first-order valence-electron chi connectivity index (χ1n) is 12.1. The van der Waals surface area contributed by atoms with Gasteiger partial charge in [0.25, 0.3) is 0 Å². The Balaban J connectivity index is 1.91. The summed E-state index contributed by atoms with van der Waals surface area (Å²) in [6.45, 7) is 1.54. The highest BCUT2D eigenvalue weighted by molar-refractivity contribution is 7.92. The Morgan fingerprint density at radius 1 is 1.14 bits per heavy atom. The molecule has 1 saturated carbocycles. The Morgan fingerprint density at radius 3 is 2.36 bits per heavy atom. The second kappa shape index (κ2) is 12.5. The number of nitrogens with one attached hydrogen (secondary N) is 1. The van der Waals surface area contributed by atoms with Crippen LogP contribution in [0.3, 0.4) is 0 Å². The molecule has 1 atom stereocenters. The zero-order valence-electron chi connectivity index (χ0n) is 20.9. The highest BCUT2D eigenvalue weighted by Gasteiger charge is 2.33. The molecule has 0 aliphatic heterocycles. The van der Waals surface area contributed by atoms with E-state index in [1.54, 1.807) is 37.4 Å². The second-order valence-corrected chi connectivity index (χ2v) is 11.4. The third-order valence-corrected chi connectivity index (χ3v) is 7.75. The van der Waals surface area contributed by atoms with Crippen LogP contribution in [0.25, 0.3) is 0 Å². The summed E-state index contributed by atoms with van der Waals surface area (Å²) in [6, 6.07) is 12.9. The number of carbonyl (C=O) groups is 2. The number of hydrogen-bond donors (Lipinski definition) is 1. The molecule has 2 amide bonds. The highest BCUT2D eigenvalue weighted by atomic mass is 35.5. The molecule has 2 aromatic carbocycles. The minimum Gasteiger partial charge on any atom is -0.497 e. The van der Waals surface area contributed by atoms with E-state index in [1.165, 1.54) is 11.0 Å². The topological polar surface area (TPSA) is 96.0 Å². The summed E-state index contributed by atoms with van der Waals surface area (Å²) in [5, 5.41) is 3.44. The summed E-state index contributed by atoms with van der Waals surface area (Å²) in [5.41, 5.74) is 1.08. The Kier molecular flexibility index (Phi) is 9.62. The van der Waals surface area contributed by atoms with E-state index in [2.05, 4.69) is 5.32 Å². The van der Waals surface area contributed by atoms with Gasteiger partial charge in [0.1, 0.15) is 18.3 Å². The molecule has 1 N–H and O–H groups in total. The smallest absolute Gasteiger partial charge is 0.244 e. The fraction of sp³-hybridized carbons (Fsp3) is 0.462. The van der Waals surface area contributed by atoms with E-state index in [1.807, 2.05) is 19.1 Å². The molecular weight excluding hydrogens is 502 g/mol. The SMILES string of the molecule is CCC(C(=O)NC1CCCC1)N(Cc1ccc(OC)cc1)C(=O)CN(c1cccc(Cl)c1)S(C)(=O)=O. The van der Waals surface area contributed by atoms with Gasteiger partial charge in [0.05, 0.1) is 19.1 Å². The van der Waals surface area contributed by atoms with Gasteiger partial charge in [0.15, 0.2) is 0 Å². The van der Waals surface area contributed by atoms with Crippen molar-refractivity contribution in [1.29, 1.82) is 0 Å². The summed E-state index contributed by atoms with van der Waals surface area (Å²) < 4.78 is 31.5.